The summed E-state index contributed by atoms with van der Waals surface area (Å²) in [7, 11) is 0. The van der Waals surface area contributed by atoms with Gasteiger partial charge >= 0.3 is 0 Å². The van der Waals surface area contributed by atoms with Gasteiger partial charge in [0.2, 0.25) is 0 Å². The number of nitrogens with zero attached hydrogens (tertiary/aromatic N) is 2. The van der Waals surface area contributed by atoms with Crippen molar-refractivity contribution in [3.63, 3.8) is 0 Å². The average molecular weight is 480 g/mol. The molecule has 5 nitrogen and oxygen atoms in total. The molecule has 0 radical (unpaired) electrons. The first-order chi connectivity index (χ1) is 11.8. The fourth-order valence-electron chi connectivity index (χ4n) is 2.91. The Balaban J connectivity index is 0.00000312. The summed E-state index contributed by atoms with van der Waals surface area (Å²) < 4.78 is 5.95. The van der Waals surface area contributed by atoms with Gasteiger partial charge in [0.25, 0.3) is 0 Å². The molecule has 1 heterocycles. The van der Waals surface area contributed by atoms with Crippen molar-refractivity contribution in [2.45, 2.75) is 64.9 Å². The SMILES string of the molecule is CCNC(=NCCCOC1CCCCC1)NCCc1csc(C)n1.I. The Bertz CT molecular complexity index is 489. The van der Waals surface area contributed by atoms with Crippen LogP contribution in [0.15, 0.2) is 10.4 Å². The van der Waals surface area contributed by atoms with Crippen molar-refractivity contribution in [1.82, 2.24) is 15.6 Å². The van der Waals surface area contributed by atoms with Crippen molar-refractivity contribution >= 4 is 41.3 Å². The molecular formula is C18H33IN4OS. The van der Waals surface area contributed by atoms with E-state index in [1.807, 2.05) is 6.92 Å². The third-order valence-corrected chi connectivity index (χ3v) is 4.98. The zero-order chi connectivity index (χ0) is 17.0. The molecule has 7 heteroatoms. The van der Waals surface area contributed by atoms with Gasteiger partial charge in [-0.2, -0.15) is 0 Å². The number of ether oxygens (including phenoxy) is 1. The van der Waals surface area contributed by atoms with Crippen LogP contribution in [0.2, 0.25) is 0 Å². The van der Waals surface area contributed by atoms with E-state index in [1.165, 1.54) is 32.1 Å². The van der Waals surface area contributed by atoms with Crippen LogP contribution in [0.1, 0.15) is 56.2 Å². The van der Waals surface area contributed by atoms with Crippen LogP contribution in [0.5, 0.6) is 0 Å². The molecule has 0 amide bonds. The standard InChI is InChI=1S/C18H32N4OS.HI/c1-3-19-18(21-12-10-16-14-24-15(2)22-16)20-11-7-13-23-17-8-5-4-6-9-17;/h14,17H,3-13H2,1-2H3,(H2,19,20,21);1H. The van der Waals surface area contributed by atoms with Crippen LogP contribution in [0.25, 0.3) is 0 Å². The van der Waals surface area contributed by atoms with Crippen molar-refractivity contribution in [1.29, 1.82) is 0 Å². The third-order valence-electron chi connectivity index (χ3n) is 4.16. The Morgan fingerprint density at radius 3 is 2.80 bits per heavy atom. The maximum Gasteiger partial charge on any atom is 0.191 e. The first-order valence-corrected chi connectivity index (χ1v) is 10.2. The summed E-state index contributed by atoms with van der Waals surface area (Å²) in [5.74, 6) is 0.891. The number of guanidine groups is 1. The van der Waals surface area contributed by atoms with Gasteiger partial charge in [0.1, 0.15) is 0 Å². The van der Waals surface area contributed by atoms with Gasteiger partial charge in [-0.1, -0.05) is 19.3 Å². The van der Waals surface area contributed by atoms with Crippen LogP contribution >= 0.6 is 35.3 Å². The van der Waals surface area contributed by atoms with Gasteiger partial charge in [-0.05, 0) is 33.1 Å². The predicted octanol–water partition coefficient (Wildman–Crippen LogP) is 3.91. The molecule has 0 atom stereocenters. The molecule has 144 valence electrons. The number of halogens is 1. The fourth-order valence-corrected chi connectivity index (χ4v) is 3.56. The summed E-state index contributed by atoms with van der Waals surface area (Å²) in [6.07, 6.45) is 8.93. The van der Waals surface area contributed by atoms with Crippen LogP contribution < -0.4 is 10.6 Å². The van der Waals surface area contributed by atoms with Gasteiger partial charge in [0.15, 0.2) is 5.96 Å². The average Bonchev–Trinajstić information content (AvgIpc) is 3.01. The molecule has 0 unspecified atom stereocenters. The van der Waals surface area contributed by atoms with E-state index >= 15 is 0 Å². The summed E-state index contributed by atoms with van der Waals surface area (Å²) in [5.41, 5.74) is 1.15. The van der Waals surface area contributed by atoms with E-state index in [1.54, 1.807) is 11.3 Å². The highest BCUT2D eigenvalue weighted by Gasteiger charge is 2.12. The molecule has 2 rings (SSSR count). The van der Waals surface area contributed by atoms with Gasteiger partial charge < -0.3 is 15.4 Å². The molecule has 1 aliphatic carbocycles. The van der Waals surface area contributed by atoms with E-state index in [4.69, 9.17) is 4.74 Å². The van der Waals surface area contributed by atoms with Crippen molar-refractivity contribution in [3.8, 4) is 0 Å². The van der Waals surface area contributed by atoms with Crippen LogP contribution in [0, 0.1) is 6.92 Å². The summed E-state index contributed by atoms with van der Waals surface area (Å²) in [6.45, 7) is 7.49. The lowest BCUT2D eigenvalue weighted by atomic mass is 9.98. The topological polar surface area (TPSA) is 58.5 Å². The van der Waals surface area contributed by atoms with Crippen LogP contribution in [-0.2, 0) is 11.2 Å². The molecule has 0 aliphatic heterocycles. The van der Waals surface area contributed by atoms with Gasteiger partial charge in [0, 0.05) is 38.0 Å². The Morgan fingerprint density at radius 1 is 1.32 bits per heavy atom. The number of aliphatic imine (C=N–C) groups is 1. The molecule has 25 heavy (non-hydrogen) atoms. The molecule has 1 aromatic heterocycles. The second-order valence-corrected chi connectivity index (χ2v) is 7.34. The number of aromatic nitrogens is 1. The van der Waals surface area contributed by atoms with Crippen molar-refractivity contribution in [2.75, 3.05) is 26.2 Å². The molecule has 1 aromatic rings. The van der Waals surface area contributed by atoms with E-state index in [9.17, 15) is 0 Å². The van der Waals surface area contributed by atoms with Crippen molar-refractivity contribution in [3.05, 3.63) is 16.1 Å². The van der Waals surface area contributed by atoms with Gasteiger partial charge in [-0.15, -0.1) is 35.3 Å². The predicted molar refractivity (Wildman–Crippen MR) is 117 cm³/mol. The highest BCUT2D eigenvalue weighted by molar-refractivity contribution is 14.0. The summed E-state index contributed by atoms with van der Waals surface area (Å²) in [4.78, 5) is 9.12. The number of rotatable bonds is 9. The van der Waals surface area contributed by atoms with E-state index in [0.717, 1.165) is 55.7 Å². The van der Waals surface area contributed by atoms with Gasteiger partial charge in [-0.3, -0.25) is 4.99 Å². The smallest absolute Gasteiger partial charge is 0.191 e. The summed E-state index contributed by atoms with van der Waals surface area (Å²) in [5, 5.41) is 9.93. The lowest BCUT2D eigenvalue weighted by molar-refractivity contribution is 0.0281. The number of thiazole rings is 1. The highest BCUT2D eigenvalue weighted by atomic mass is 127. The second-order valence-electron chi connectivity index (χ2n) is 6.28. The molecule has 1 saturated carbocycles. The largest absolute Gasteiger partial charge is 0.378 e. The minimum absolute atomic E-state index is 0. The van der Waals surface area contributed by atoms with Crippen LogP contribution in [-0.4, -0.2) is 43.3 Å². The van der Waals surface area contributed by atoms with E-state index in [-0.39, 0.29) is 24.0 Å². The monoisotopic (exact) mass is 480 g/mol. The number of aryl methyl sites for hydroxylation is 1. The van der Waals surface area contributed by atoms with E-state index in [0.29, 0.717) is 6.10 Å². The number of nitrogens with one attached hydrogen (secondary N) is 2. The Labute approximate surface area is 173 Å². The molecular weight excluding hydrogens is 447 g/mol. The van der Waals surface area contributed by atoms with E-state index < -0.39 is 0 Å². The number of hydrogen-bond acceptors (Lipinski definition) is 4. The quantitative estimate of drug-likeness (QED) is 0.244. The summed E-state index contributed by atoms with van der Waals surface area (Å²) >= 11 is 1.71. The van der Waals surface area contributed by atoms with Gasteiger partial charge in [0.05, 0.1) is 16.8 Å². The Kier molecular flexibility index (Phi) is 12.4. The zero-order valence-corrected chi connectivity index (χ0v) is 18.7. The molecule has 0 bridgehead atoms. The minimum atomic E-state index is 0. The molecule has 1 aliphatic rings. The van der Waals surface area contributed by atoms with Crippen molar-refractivity contribution < 1.29 is 4.74 Å². The molecule has 1 fully saturated rings. The zero-order valence-electron chi connectivity index (χ0n) is 15.6. The molecule has 0 aromatic carbocycles. The third kappa shape index (κ3) is 9.75. The second kappa shape index (κ2) is 13.7. The van der Waals surface area contributed by atoms with Crippen molar-refractivity contribution in [2.24, 2.45) is 4.99 Å². The summed E-state index contributed by atoms with van der Waals surface area (Å²) in [6, 6.07) is 0. The van der Waals surface area contributed by atoms with Crippen LogP contribution in [0.3, 0.4) is 0 Å². The lowest BCUT2D eigenvalue weighted by Gasteiger charge is -2.21. The first kappa shape index (κ1) is 22.6. The molecule has 2 N–H and O–H groups in total. The Morgan fingerprint density at radius 2 is 2.12 bits per heavy atom. The maximum absolute atomic E-state index is 5.95. The minimum Gasteiger partial charge on any atom is -0.378 e. The Hall–Kier alpha value is -0.410. The van der Waals surface area contributed by atoms with Gasteiger partial charge in [-0.25, -0.2) is 4.98 Å². The van der Waals surface area contributed by atoms with Crippen LogP contribution in [0.4, 0.5) is 0 Å². The number of hydrogen-bond donors (Lipinski definition) is 2. The normalized spacial score (nSPS) is 15.7. The maximum atomic E-state index is 5.95. The fraction of sp³-hybridized carbons (Fsp3) is 0.778. The highest BCUT2D eigenvalue weighted by Crippen LogP contribution is 2.20. The lowest BCUT2D eigenvalue weighted by Crippen LogP contribution is -2.38. The first-order valence-electron chi connectivity index (χ1n) is 9.32. The van der Waals surface area contributed by atoms with E-state index in [2.05, 4.69) is 32.9 Å². The molecule has 0 spiro atoms. The molecule has 0 saturated heterocycles.